The van der Waals surface area contributed by atoms with Gasteiger partial charge in [-0.2, -0.15) is 13.2 Å². The Hall–Kier alpha value is -1.97. The second kappa shape index (κ2) is 8.37. The Labute approximate surface area is 159 Å². The van der Waals surface area contributed by atoms with E-state index in [1.807, 2.05) is 12.1 Å². The summed E-state index contributed by atoms with van der Waals surface area (Å²) < 4.78 is 37.3. The van der Waals surface area contributed by atoms with Gasteiger partial charge in [0.25, 0.3) is 5.69 Å². The van der Waals surface area contributed by atoms with Crippen LogP contribution in [-0.4, -0.2) is 42.2 Å². The number of benzene rings is 1. The van der Waals surface area contributed by atoms with Crippen molar-refractivity contribution in [3.63, 3.8) is 0 Å². The Morgan fingerprint density at radius 1 is 1.22 bits per heavy atom. The molecule has 0 aliphatic carbocycles. The largest absolute Gasteiger partial charge is 0.401 e. The lowest BCUT2D eigenvalue weighted by Crippen LogP contribution is -2.33. The fourth-order valence-corrected chi connectivity index (χ4v) is 4.23. The lowest BCUT2D eigenvalue weighted by molar-refractivity contribution is -0.384. The maximum absolute atomic E-state index is 12.4. The van der Waals surface area contributed by atoms with Gasteiger partial charge < -0.3 is 5.32 Å². The summed E-state index contributed by atoms with van der Waals surface area (Å²) >= 11 is 1.60. The van der Waals surface area contributed by atoms with Crippen molar-refractivity contribution in [3.05, 3.63) is 51.4 Å². The molecule has 0 amide bonds. The molecule has 2 heterocycles. The molecular weight excluding hydrogens is 379 g/mol. The fraction of sp³-hybridized carbons (Fsp3) is 0.444. The molecule has 0 saturated carbocycles. The average molecular weight is 399 g/mol. The quantitative estimate of drug-likeness (QED) is 0.557. The van der Waals surface area contributed by atoms with Gasteiger partial charge in [0.2, 0.25) is 0 Å². The molecule has 1 aliphatic rings. The molecule has 0 bridgehead atoms. The number of halogens is 3. The van der Waals surface area contributed by atoms with E-state index in [0.717, 1.165) is 21.7 Å². The highest BCUT2D eigenvalue weighted by atomic mass is 32.1. The first-order valence-electron chi connectivity index (χ1n) is 8.63. The van der Waals surface area contributed by atoms with Gasteiger partial charge >= 0.3 is 6.18 Å². The smallest absolute Gasteiger partial charge is 0.312 e. The number of non-ortho nitro benzene ring substituents is 1. The number of alkyl halides is 3. The molecule has 0 radical (unpaired) electrons. The molecule has 1 saturated heterocycles. The molecule has 1 atom stereocenters. The van der Waals surface area contributed by atoms with Crippen LogP contribution in [-0.2, 0) is 6.54 Å². The standard InChI is InChI=1S/C18H20F3N3O2S/c19-18(20,21)12-23-8-7-13(11-23)9-22-10-16-5-6-17(27-16)14-1-3-15(4-2-14)24(25)26/h1-6,13,22H,7-12H2. The van der Waals surface area contributed by atoms with Gasteiger partial charge in [0, 0.05) is 35.0 Å². The molecule has 146 valence electrons. The Kier molecular flexibility index (Phi) is 6.13. The summed E-state index contributed by atoms with van der Waals surface area (Å²) in [6.45, 7) is 1.50. The normalized spacial score (nSPS) is 18.1. The summed E-state index contributed by atoms with van der Waals surface area (Å²) in [6.07, 6.45) is -3.35. The third-order valence-corrected chi connectivity index (χ3v) is 5.66. The highest BCUT2D eigenvalue weighted by Crippen LogP contribution is 2.29. The van der Waals surface area contributed by atoms with E-state index in [9.17, 15) is 23.3 Å². The van der Waals surface area contributed by atoms with Crippen LogP contribution >= 0.6 is 11.3 Å². The predicted octanol–water partition coefficient (Wildman–Crippen LogP) is 4.30. The van der Waals surface area contributed by atoms with Gasteiger partial charge in [0.1, 0.15) is 0 Å². The SMILES string of the molecule is O=[N+]([O-])c1ccc(-c2ccc(CNCC3CCN(CC(F)(F)F)C3)s2)cc1. The van der Waals surface area contributed by atoms with Gasteiger partial charge in [-0.05, 0) is 55.3 Å². The van der Waals surface area contributed by atoms with Gasteiger partial charge in [0.15, 0.2) is 0 Å². The Bertz CT molecular complexity index is 777. The third-order valence-electron chi connectivity index (χ3n) is 4.53. The minimum atomic E-state index is -4.13. The second-order valence-corrected chi connectivity index (χ2v) is 7.87. The maximum Gasteiger partial charge on any atom is 0.401 e. The molecule has 1 N–H and O–H groups in total. The average Bonchev–Trinajstić information content (AvgIpc) is 3.23. The zero-order valence-corrected chi connectivity index (χ0v) is 15.4. The maximum atomic E-state index is 12.4. The molecule has 1 aromatic carbocycles. The van der Waals surface area contributed by atoms with Gasteiger partial charge in [-0.3, -0.25) is 15.0 Å². The molecule has 1 fully saturated rings. The third kappa shape index (κ3) is 5.75. The second-order valence-electron chi connectivity index (χ2n) is 6.71. The van der Waals surface area contributed by atoms with Gasteiger partial charge in [-0.25, -0.2) is 0 Å². The summed E-state index contributed by atoms with van der Waals surface area (Å²) in [7, 11) is 0. The predicted molar refractivity (Wildman–Crippen MR) is 98.7 cm³/mol. The molecule has 0 spiro atoms. The molecule has 1 aromatic heterocycles. The summed E-state index contributed by atoms with van der Waals surface area (Å²) in [5.74, 6) is 0.237. The molecule has 2 aromatic rings. The Balaban J connectivity index is 1.46. The summed E-state index contributed by atoms with van der Waals surface area (Å²) in [5, 5.41) is 14.0. The fourth-order valence-electron chi connectivity index (χ4n) is 3.25. The van der Waals surface area contributed by atoms with Crippen LogP contribution in [0, 0.1) is 16.0 Å². The van der Waals surface area contributed by atoms with Crippen molar-refractivity contribution >= 4 is 17.0 Å². The number of nitrogens with zero attached hydrogens (tertiary/aromatic N) is 2. The first kappa shape index (κ1) is 19.8. The number of rotatable bonds is 7. The number of thiophene rings is 1. The highest BCUT2D eigenvalue weighted by molar-refractivity contribution is 7.15. The lowest BCUT2D eigenvalue weighted by atomic mass is 10.1. The zero-order chi connectivity index (χ0) is 19.4. The molecule has 3 rings (SSSR count). The molecule has 27 heavy (non-hydrogen) atoms. The van der Waals surface area contributed by atoms with E-state index in [0.29, 0.717) is 26.2 Å². The number of nitrogens with one attached hydrogen (secondary N) is 1. The number of likely N-dealkylation sites (tertiary alicyclic amines) is 1. The number of hydrogen-bond donors (Lipinski definition) is 1. The van der Waals surface area contributed by atoms with E-state index in [2.05, 4.69) is 5.32 Å². The highest BCUT2D eigenvalue weighted by Gasteiger charge is 2.34. The van der Waals surface area contributed by atoms with Crippen LogP contribution in [0.4, 0.5) is 18.9 Å². The number of hydrogen-bond acceptors (Lipinski definition) is 5. The minimum absolute atomic E-state index is 0.0633. The first-order valence-corrected chi connectivity index (χ1v) is 9.45. The van der Waals surface area contributed by atoms with E-state index in [1.54, 1.807) is 23.5 Å². The van der Waals surface area contributed by atoms with Crippen molar-refractivity contribution in [1.82, 2.24) is 10.2 Å². The van der Waals surface area contributed by atoms with Crippen LogP contribution in [0.1, 0.15) is 11.3 Å². The molecule has 9 heteroatoms. The van der Waals surface area contributed by atoms with E-state index >= 15 is 0 Å². The van der Waals surface area contributed by atoms with E-state index < -0.39 is 17.6 Å². The van der Waals surface area contributed by atoms with Crippen molar-refractivity contribution < 1.29 is 18.1 Å². The van der Waals surface area contributed by atoms with Crippen LogP contribution in [0.2, 0.25) is 0 Å². The summed E-state index contributed by atoms with van der Waals surface area (Å²) in [5.41, 5.74) is 0.990. The van der Waals surface area contributed by atoms with Crippen LogP contribution in [0.3, 0.4) is 0 Å². The molecular formula is C18H20F3N3O2S. The lowest BCUT2D eigenvalue weighted by Gasteiger charge is -2.17. The molecule has 5 nitrogen and oxygen atoms in total. The van der Waals surface area contributed by atoms with Crippen molar-refractivity contribution in [2.75, 3.05) is 26.2 Å². The van der Waals surface area contributed by atoms with Crippen molar-refractivity contribution in [3.8, 4) is 10.4 Å². The summed E-state index contributed by atoms with van der Waals surface area (Å²) in [6, 6.07) is 10.4. The van der Waals surface area contributed by atoms with Crippen LogP contribution in [0.15, 0.2) is 36.4 Å². The van der Waals surface area contributed by atoms with Crippen LogP contribution < -0.4 is 5.32 Å². The van der Waals surface area contributed by atoms with Crippen molar-refractivity contribution in [2.45, 2.75) is 19.1 Å². The monoisotopic (exact) mass is 399 g/mol. The van der Waals surface area contributed by atoms with Crippen LogP contribution in [0.5, 0.6) is 0 Å². The molecule has 1 aliphatic heterocycles. The zero-order valence-electron chi connectivity index (χ0n) is 14.5. The Morgan fingerprint density at radius 2 is 1.96 bits per heavy atom. The van der Waals surface area contributed by atoms with Crippen molar-refractivity contribution in [2.24, 2.45) is 5.92 Å². The van der Waals surface area contributed by atoms with E-state index in [-0.39, 0.29) is 11.6 Å². The van der Waals surface area contributed by atoms with Crippen LogP contribution in [0.25, 0.3) is 10.4 Å². The van der Waals surface area contributed by atoms with Gasteiger partial charge in [0.05, 0.1) is 11.5 Å². The van der Waals surface area contributed by atoms with Gasteiger partial charge in [-0.1, -0.05) is 0 Å². The van der Waals surface area contributed by atoms with E-state index in [1.165, 1.54) is 17.0 Å². The summed E-state index contributed by atoms with van der Waals surface area (Å²) in [4.78, 5) is 13.9. The number of nitro groups is 1. The molecule has 1 unspecified atom stereocenters. The topological polar surface area (TPSA) is 58.4 Å². The Morgan fingerprint density at radius 3 is 2.63 bits per heavy atom. The van der Waals surface area contributed by atoms with Crippen molar-refractivity contribution in [1.29, 1.82) is 0 Å². The van der Waals surface area contributed by atoms with Gasteiger partial charge in [-0.15, -0.1) is 11.3 Å². The first-order chi connectivity index (χ1) is 12.8. The minimum Gasteiger partial charge on any atom is -0.312 e. The number of nitro benzene ring substituents is 1. The van der Waals surface area contributed by atoms with E-state index in [4.69, 9.17) is 0 Å².